The van der Waals surface area contributed by atoms with Crippen molar-refractivity contribution in [1.29, 1.82) is 0 Å². The van der Waals surface area contributed by atoms with Gasteiger partial charge in [-0.25, -0.2) is 0 Å². The molecule has 0 N–H and O–H groups in total. The zero-order chi connectivity index (χ0) is 17.7. The summed E-state index contributed by atoms with van der Waals surface area (Å²) in [5.41, 5.74) is 1.70. The summed E-state index contributed by atoms with van der Waals surface area (Å²) in [4.78, 5) is 19.5. The Morgan fingerprint density at radius 2 is 2.04 bits per heavy atom. The van der Waals surface area contributed by atoms with E-state index < -0.39 is 0 Å². The average Bonchev–Trinajstić information content (AvgIpc) is 3.32. The molecule has 26 heavy (non-hydrogen) atoms. The van der Waals surface area contributed by atoms with Gasteiger partial charge in [0.25, 0.3) is 5.91 Å². The Balaban J connectivity index is 1.51. The minimum atomic E-state index is 0.117. The molecule has 0 spiro atoms. The lowest BCUT2D eigenvalue weighted by atomic mass is 10.1. The maximum absolute atomic E-state index is 13.2. The molecular formula is C19H20N6O. The number of rotatable bonds is 2. The molecule has 5 rings (SSSR count). The topological polar surface area (TPSA) is 68.8 Å². The lowest BCUT2D eigenvalue weighted by Crippen LogP contribution is -2.42. The lowest BCUT2D eigenvalue weighted by molar-refractivity contribution is 0.0656. The van der Waals surface area contributed by atoms with Crippen molar-refractivity contribution in [2.75, 3.05) is 0 Å². The van der Waals surface area contributed by atoms with Gasteiger partial charge in [0.15, 0.2) is 5.82 Å². The van der Waals surface area contributed by atoms with Gasteiger partial charge in [0.05, 0.1) is 6.04 Å². The van der Waals surface area contributed by atoms with Crippen LogP contribution in [0, 0.1) is 0 Å². The van der Waals surface area contributed by atoms with Gasteiger partial charge in [0, 0.05) is 50.2 Å². The van der Waals surface area contributed by atoms with Crippen LogP contribution in [0.4, 0.5) is 0 Å². The molecule has 0 radical (unpaired) electrons. The number of aryl methyl sites for hydroxylation is 1. The second-order valence-corrected chi connectivity index (χ2v) is 7.10. The van der Waals surface area contributed by atoms with Crippen LogP contribution in [-0.2, 0) is 20.0 Å². The minimum absolute atomic E-state index is 0.117. The van der Waals surface area contributed by atoms with Crippen molar-refractivity contribution in [1.82, 2.24) is 29.2 Å². The van der Waals surface area contributed by atoms with Gasteiger partial charge in [-0.3, -0.25) is 9.78 Å². The SMILES string of the molecule is Cn1cccc1C(=O)N1C2CCC1Cn1c(nnc1-c1cccnc1)C2. The first-order valence-corrected chi connectivity index (χ1v) is 8.99. The number of aromatic nitrogens is 5. The molecule has 2 aliphatic rings. The zero-order valence-electron chi connectivity index (χ0n) is 14.6. The van der Waals surface area contributed by atoms with E-state index >= 15 is 0 Å². The van der Waals surface area contributed by atoms with Gasteiger partial charge in [-0.1, -0.05) is 0 Å². The predicted octanol–water partition coefficient (Wildman–Crippen LogP) is 1.91. The smallest absolute Gasteiger partial charge is 0.271 e. The summed E-state index contributed by atoms with van der Waals surface area (Å²) in [7, 11) is 1.92. The van der Waals surface area contributed by atoms with Gasteiger partial charge in [-0.15, -0.1) is 10.2 Å². The fourth-order valence-corrected chi connectivity index (χ4v) is 4.30. The normalized spacial score (nSPS) is 21.5. The Morgan fingerprint density at radius 1 is 1.15 bits per heavy atom. The molecule has 2 bridgehead atoms. The van der Waals surface area contributed by atoms with Crippen LogP contribution in [-0.4, -0.2) is 47.2 Å². The molecule has 2 unspecified atom stereocenters. The van der Waals surface area contributed by atoms with Gasteiger partial charge in [-0.2, -0.15) is 0 Å². The van der Waals surface area contributed by atoms with Gasteiger partial charge in [-0.05, 0) is 37.1 Å². The lowest BCUT2D eigenvalue weighted by Gasteiger charge is -2.28. The summed E-state index contributed by atoms with van der Waals surface area (Å²) in [5, 5.41) is 8.83. The average molecular weight is 348 g/mol. The van der Waals surface area contributed by atoms with Crippen LogP contribution in [0.25, 0.3) is 11.4 Å². The van der Waals surface area contributed by atoms with E-state index in [4.69, 9.17) is 0 Å². The number of carbonyl (C=O) groups is 1. The van der Waals surface area contributed by atoms with Gasteiger partial charge in [0.1, 0.15) is 11.5 Å². The Morgan fingerprint density at radius 3 is 2.81 bits per heavy atom. The van der Waals surface area contributed by atoms with Crippen LogP contribution in [0.15, 0.2) is 42.9 Å². The van der Waals surface area contributed by atoms with E-state index in [1.807, 2.05) is 48.3 Å². The van der Waals surface area contributed by atoms with Gasteiger partial charge >= 0.3 is 0 Å². The molecule has 1 amide bonds. The highest BCUT2D eigenvalue weighted by Crippen LogP contribution is 2.34. The molecule has 7 nitrogen and oxygen atoms in total. The Kier molecular flexibility index (Phi) is 3.41. The van der Waals surface area contributed by atoms with Crippen LogP contribution in [0.2, 0.25) is 0 Å². The predicted molar refractivity (Wildman–Crippen MR) is 95.3 cm³/mol. The number of fused-ring (bicyclic) bond motifs is 3. The number of nitrogens with zero attached hydrogens (tertiary/aromatic N) is 6. The third-order valence-electron chi connectivity index (χ3n) is 5.58. The van der Waals surface area contributed by atoms with E-state index in [2.05, 4.69) is 24.6 Å². The Hall–Kier alpha value is -2.96. The molecular weight excluding hydrogens is 328 g/mol. The summed E-state index contributed by atoms with van der Waals surface area (Å²) in [6.45, 7) is 0.735. The fourth-order valence-electron chi connectivity index (χ4n) is 4.30. The highest BCUT2D eigenvalue weighted by Gasteiger charge is 2.41. The van der Waals surface area contributed by atoms with E-state index in [0.717, 1.165) is 48.7 Å². The summed E-state index contributed by atoms with van der Waals surface area (Å²) < 4.78 is 4.07. The number of amides is 1. The third-order valence-corrected chi connectivity index (χ3v) is 5.58. The first-order valence-electron chi connectivity index (χ1n) is 8.99. The number of hydrogen-bond acceptors (Lipinski definition) is 4. The standard InChI is InChI=1S/C19H20N6O/c1-23-9-3-5-16(23)19(26)25-14-6-7-15(25)12-24-17(10-14)21-22-18(24)13-4-2-8-20-11-13/h2-5,8-9,11,14-15H,6-7,10,12H2,1H3. The molecule has 3 aromatic heterocycles. The van der Waals surface area contributed by atoms with Crippen LogP contribution in [0.1, 0.15) is 29.2 Å². The molecule has 0 aliphatic carbocycles. The van der Waals surface area contributed by atoms with Crippen molar-refractivity contribution in [2.45, 2.75) is 37.9 Å². The highest BCUT2D eigenvalue weighted by atomic mass is 16.2. The van der Waals surface area contributed by atoms with Crippen molar-refractivity contribution >= 4 is 5.91 Å². The summed E-state index contributed by atoms with van der Waals surface area (Å²) in [6, 6.07) is 8.09. The van der Waals surface area contributed by atoms with E-state index in [1.165, 1.54) is 0 Å². The quantitative estimate of drug-likeness (QED) is 0.709. The van der Waals surface area contributed by atoms with E-state index in [-0.39, 0.29) is 18.0 Å². The summed E-state index contributed by atoms with van der Waals surface area (Å²) in [5.74, 6) is 1.92. The van der Waals surface area contributed by atoms with Crippen molar-refractivity contribution in [3.63, 3.8) is 0 Å². The summed E-state index contributed by atoms with van der Waals surface area (Å²) in [6.07, 6.45) is 8.28. The molecule has 0 saturated carbocycles. The van der Waals surface area contributed by atoms with Crippen LogP contribution < -0.4 is 0 Å². The van der Waals surface area contributed by atoms with Crippen LogP contribution in [0.5, 0.6) is 0 Å². The molecule has 2 aliphatic heterocycles. The number of hydrogen-bond donors (Lipinski definition) is 0. The second kappa shape index (κ2) is 5.79. The van der Waals surface area contributed by atoms with E-state index in [1.54, 1.807) is 6.20 Å². The first kappa shape index (κ1) is 15.3. The molecule has 7 heteroatoms. The molecule has 1 fully saturated rings. The molecule has 3 aromatic rings. The van der Waals surface area contributed by atoms with Crippen molar-refractivity contribution in [3.05, 3.63) is 54.4 Å². The van der Waals surface area contributed by atoms with Gasteiger partial charge in [0.2, 0.25) is 0 Å². The van der Waals surface area contributed by atoms with Crippen molar-refractivity contribution < 1.29 is 4.79 Å². The first-order chi connectivity index (χ1) is 12.7. The van der Waals surface area contributed by atoms with Crippen LogP contribution in [0.3, 0.4) is 0 Å². The van der Waals surface area contributed by atoms with Crippen molar-refractivity contribution in [3.8, 4) is 11.4 Å². The van der Waals surface area contributed by atoms with E-state index in [0.29, 0.717) is 0 Å². The fraction of sp³-hybridized carbons (Fsp3) is 0.368. The number of pyridine rings is 1. The van der Waals surface area contributed by atoms with Gasteiger partial charge < -0.3 is 14.0 Å². The molecule has 2 atom stereocenters. The zero-order valence-corrected chi connectivity index (χ0v) is 14.6. The Labute approximate surface area is 151 Å². The minimum Gasteiger partial charge on any atom is -0.347 e. The molecule has 0 aromatic carbocycles. The maximum atomic E-state index is 13.2. The van der Waals surface area contributed by atoms with E-state index in [9.17, 15) is 4.79 Å². The number of carbonyl (C=O) groups excluding carboxylic acids is 1. The maximum Gasteiger partial charge on any atom is 0.271 e. The molecule has 1 saturated heterocycles. The monoisotopic (exact) mass is 348 g/mol. The summed E-state index contributed by atoms with van der Waals surface area (Å²) >= 11 is 0. The third kappa shape index (κ3) is 2.27. The van der Waals surface area contributed by atoms with Crippen molar-refractivity contribution in [2.24, 2.45) is 7.05 Å². The van der Waals surface area contributed by atoms with Crippen LogP contribution >= 0.6 is 0 Å². The largest absolute Gasteiger partial charge is 0.347 e. The highest BCUT2D eigenvalue weighted by molar-refractivity contribution is 5.93. The second-order valence-electron chi connectivity index (χ2n) is 7.10. The molecule has 5 heterocycles. The Bertz CT molecular complexity index is 960. The molecule has 132 valence electrons.